The van der Waals surface area contributed by atoms with Crippen molar-refractivity contribution in [2.75, 3.05) is 6.61 Å². The van der Waals surface area contributed by atoms with Gasteiger partial charge in [-0.15, -0.1) is 5.16 Å². The molecule has 0 spiro atoms. The summed E-state index contributed by atoms with van der Waals surface area (Å²) in [5.41, 5.74) is -0.394. The molecule has 0 heterocycles. The summed E-state index contributed by atoms with van der Waals surface area (Å²) >= 11 is 0. The lowest BCUT2D eigenvalue weighted by Crippen LogP contribution is -2.17. The molecule has 0 radical (unpaired) electrons. The monoisotopic (exact) mass is 117 g/mol. The Morgan fingerprint density at radius 1 is 1.62 bits per heavy atom. The van der Waals surface area contributed by atoms with Gasteiger partial charge in [-0.05, 0) is 0 Å². The summed E-state index contributed by atoms with van der Waals surface area (Å²) in [6, 6.07) is 0. The van der Waals surface area contributed by atoms with Gasteiger partial charge in [0.15, 0.2) is 0 Å². The Hall–Kier alpha value is -0.570. The van der Waals surface area contributed by atoms with Gasteiger partial charge in [-0.2, -0.15) is 0 Å². The van der Waals surface area contributed by atoms with E-state index in [1.807, 2.05) is 0 Å². The van der Waals surface area contributed by atoms with Gasteiger partial charge in [0.05, 0.1) is 12.8 Å². The van der Waals surface area contributed by atoms with E-state index in [1.165, 1.54) is 6.21 Å². The largest absolute Gasteiger partial charge is 0.411 e. The predicted molar refractivity (Wildman–Crippen MR) is 31.1 cm³/mol. The molecule has 0 aliphatic rings. The Labute approximate surface area is 48.6 Å². The van der Waals surface area contributed by atoms with Crippen molar-refractivity contribution >= 4 is 6.21 Å². The van der Waals surface area contributed by atoms with Crippen LogP contribution in [0.1, 0.15) is 13.8 Å². The third-order valence-corrected chi connectivity index (χ3v) is 0.815. The van der Waals surface area contributed by atoms with Crippen LogP contribution < -0.4 is 0 Å². The van der Waals surface area contributed by atoms with Gasteiger partial charge >= 0.3 is 0 Å². The second kappa shape index (κ2) is 2.67. The van der Waals surface area contributed by atoms with Crippen LogP contribution >= 0.6 is 0 Å². The number of rotatable bonds is 2. The average molecular weight is 117 g/mol. The van der Waals surface area contributed by atoms with Crippen molar-refractivity contribution in [2.45, 2.75) is 13.8 Å². The molecule has 2 N–H and O–H groups in total. The maximum absolute atomic E-state index is 8.52. The predicted octanol–water partition coefficient (Wildman–Crippen LogP) is 0.465. The van der Waals surface area contributed by atoms with Gasteiger partial charge < -0.3 is 10.3 Å². The summed E-state index contributed by atoms with van der Waals surface area (Å²) in [4.78, 5) is 0. The van der Waals surface area contributed by atoms with E-state index in [0.29, 0.717) is 0 Å². The van der Waals surface area contributed by atoms with Gasteiger partial charge in [0, 0.05) is 5.41 Å². The molecule has 0 aromatic heterocycles. The molecule has 0 atom stereocenters. The van der Waals surface area contributed by atoms with Crippen molar-refractivity contribution in [1.29, 1.82) is 0 Å². The number of aliphatic hydroxyl groups excluding tert-OH is 1. The molecule has 0 saturated heterocycles. The zero-order valence-electron chi connectivity index (χ0n) is 5.13. The number of hydrogen-bond donors (Lipinski definition) is 2. The molecule has 0 amide bonds. The quantitative estimate of drug-likeness (QED) is 0.314. The summed E-state index contributed by atoms with van der Waals surface area (Å²) < 4.78 is 0. The fourth-order valence-electron chi connectivity index (χ4n) is 0.197. The highest BCUT2D eigenvalue weighted by Crippen LogP contribution is 2.08. The van der Waals surface area contributed by atoms with Crippen LogP contribution in [-0.4, -0.2) is 23.1 Å². The molecule has 0 aromatic carbocycles. The summed E-state index contributed by atoms with van der Waals surface area (Å²) in [6.45, 7) is 3.54. The van der Waals surface area contributed by atoms with Crippen LogP contribution in [0, 0.1) is 5.41 Å². The van der Waals surface area contributed by atoms with E-state index < -0.39 is 5.41 Å². The highest BCUT2D eigenvalue weighted by molar-refractivity contribution is 5.63. The molecule has 0 unspecified atom stereocenters. The van der Waals surface area contributed by atoms with Crippen LogP contribution in [0.4, 0.5) is 0 Å². The molecule has 0 bridgehead atoms. The minimum Gasteiger partial charge on any atom is -0.411 e. The van der Waals surface area contributed by atoms with Gasteiger partial charge in [0.1, 0.15) is 0 Å². The molecular weight excluding hydrogens is 106 g/mol. The zero-order chi connectivity index (χ0) is 6.62. The van der Waals surface area contributed by atoms with Crippen molar-refractivity contribution in [3.05, 3.63) is 0 Å². The normalized spacial score (nSPS) is 12.9. The average Bonchev–Trinajstić information content (AvgIpc) is 1.67. The van der Waals surface area contributed by atoms with Crippen molar-refractivity contribution < 1.29 is 10.3 Å². The minimum atomic E-state index is -0.394. The first kappa shape index (κ1) is 7.43. The topological polar surface area (TPSA) is 52.8 Å². The Balaban J connectivity index is 3.71. The van der Waals surface area contributed by atoms with Crippen LogP contribution in [0.15, 0.2) is 5.16 Å². The van der Waals surface area contributed by atoms with Gasteiger partial charge in [-0.1, -0.05) is 13.8 Å². The second-order valence-corrected chi connectivity index (χ2v) is 2.39. The summed E-state index contributed by atoms with van der Waals surface area (Å²) in [6.07, 6.45) is 1.30. The highest BCUT2D eigenvalue weighted by Gasteiger charge is 2.12. The molecule has 0 fully saturated rings. The van der Waals surface area contributed by atoms with Crippen LogP contribution in [-0.2, 0) is 0 Å². The zero-order valence-corrected chi connectivity index (χ0v) is 5.13. The summed E-state index contributed by atoms with van der Waals surface area (Å²) in [5, 5.41) is 19.3. The number of hydrogen-bond acceptors (Lipinski definition) is 3. The Bertz CT molecular complexity index is 88.4. The van der Waals surface area contributed by atoms with E-state index in [1.54, 1.807) is 13.8 Å². The van der Waals surface area contributed by atoms with Crippen molar-refractivity contribution in [1.82, 2.24) is 0 Å². The molecule has 0 rings (SSSR count). The molecule has 0 aromatic rings. The highest BCUT2D eigenvalue weighted by atomic mass is 16.4. The maximum atomic E-state index is 8.52. The number of nitrogens with zero attached hydrogens (tertiary/aromatic N) is 1. The molecule has 48 valence electrons. The van der Waals surface area contributed by atoms with Crippen molar-refractivity contribution in [2.24, 2.45) is 10.6 Å². The molecule has 3 heteroatoms. The lowest BCUT2D eigenvalue weighted by Gasteiger charge is -2.12. The molecule has 3 nitrogen and oxygen atoms in total. The van der Waals surface area contributed by atoms with Gasteiger partial charge in [0.2, 0.25) is 0 Å². The Morgan fingerprint density at radius 3 is 2.25 bits per heavy atom. The van der Waals surface area contributed by atoms with E-state index in [0.717, 1.165) is 0 Å². The lowest BCUT2D eigenvalue weighted by molar-refractivity contribution is 0.211. The summed E-state index contributed by atoms with van der Waals surface area (Å²) in [7, 11) is 0. The van der Waals surface area contributed by atoms with Gasteiger partial charge in [0.25, 0.3) is 0 Å². The van der Waals surface area contributed by atoms with Crippen LogP contribution in [0.25, 0.3) is 0 Å². The van der Waals surface area contributed by atoms with Crippen molar-refractivity contribution in [3.63, 3.8) is 0 Å². The first-order valence-electron chi connectivity index (χ1n) is 2.42. The minimum absolute atomic E-state index is 0.00292. The second-order valence-electron chi connectivity index (χ2n) is 2.39. The molecule has 0 saturated carbocycles. The van der Waals surface area contributed by atoms with E-state index >= 15 is 0 Å². The molecule has 8 heavy (non-hydrogen) atoms. The third-order valence-electron chi connectivity index (χ3n) is 0.815. The van der Waals surface area contributed by atoms with Crippen LogP contribution in [0.2, 0.25) is 0 Å². The standard InChI is InChI=1S/C5H11NO2/c1-5(2,4-7)3-6-8/h3,7-8H,4H2,1-2H3/b6-3+. The van der Waals surface area contributed by atoms with Gasteiger partial charge in [-0.25, -0.2) is 0 Å². The summed E-state index contributed by atoms with van der Waals surface area (Å²) in [5.74, 6) is 0. The molecular formula is C5H11NO2. The fraction of sp³-hybridized carbons (Fsp3) is 0.800. The number of aliphatic hydroxyl groups is 1. The molecule has 0 aliphatic heterocycles. The van der Waals surface area contributed by atoms with Crippen LogP contribution in [0.3, 0.4) is 0 Å². The van der Waals surface area contributed by atoms with Crippen LogP contribution in [0.5, 0.6) is 0 Å². The molecule has 0 aliphatic carbocycles. The lowest BCUT2D eigenvalue weighted by atomic mass is 9.97. The Kier molecular flexibility index (Phi) is 2.48. The van der Waals surface area contributed by atoms with E-state index in [2.05, 4.69) is 5.16 Å². The van der Waals surface area contributed by atoms with E-state index in [9.17, 15) is 0 Å². The third kappa shape index (κ3) is 2.58. The van der Waals surface area contributed by atoms with E-state index in [-0.39, 0.29) is 6.61 Å². The first-order valence-corrected chi connectivity index (χ1v) is 2.42. The first-order chi connectivity index (χ1) is 3.62. The maximum Gasteiger partial charge on any atom is 0.0532 e. The fourth-order valence-corrected chi connectivity index (χ4v) is 0.197. The number of oxime groups is 1. The van der Waals surface area contributed by atoms with Gasteiger partial charge in [-0.3, -0.25) is 0 Å². The Morgan fingerprint density at radius 2 is 2.12 bits per heavy atom. The SMILES string of the molecule is CC(C)(/C=N/O)CO. The van der Waals surface area contributed by atoms with E-state index in [4.69, 9.17) is 10.3 Å². The smallest absolute Gasteiger partial charge is 0.0532 e. The van der Waals surface area contributed by atoms with Crippen molar-refractivity contribution in [3.8, 4) is 0 Å².